The van der Waals surface area contributed by atoms with Crippen molar-refractivity contribution in [2.75, 3.05) is 14.2 Å². The van der Waals surface area contributed by atoms with Gasteiger partial charge < -0.3 is 18.9 Å². The number of carbonyl (C=O) groups is 2. The zero-order valence-corrected chi connectivity index (χ0v) is 23.5. The van der Waals surface area contributed by atoms with Crippen molar-refractivity contribution >= 4 is 11.8 Å². The lowest BCUT2D eigenvalue weighted by atomic mass is 10.2. The predicted octanol–water partition coefficient (Wildman–Crippen LogP) is 4.35. The largest absolute Gasteiger partial charge is 0.485 e. The minimum absolute atomic E-state index is 0.00758. The van der Waals surface area contributed by atoms with Crippen LogP contribution >= 0.6 is 0 Å². The topological polar surface area (TPSA) is 122 Å². The van der Waals surface area contributed by atoms with Crippen LogP contribution in [0.4, 0.5) is 13.2 Å². The Morgan fingerprint density at radius 2 is 1.21 bits per heavy atom. The standard InChI is InChI=1S/C10H11F3O.C8H13N3O3.C7H11NO3/c1-5(2)14-10-8(12)6(3)4-7(11)9(10)13;1-5(2)14-8-10-6(12-3)9-7(11-8)13-4;1-5(2)11-8-6(9)3-4-7(8)10/h4-5H,1-3H3;5H,1-4H3;5H,3-4H2,1-2H3. The van der Waals surface area contributed by atoms with Gasteiger partial charge in [0.2, 0.25) is 5.82 Å². The lowest BCUT2D eigenvalue weighted by Gasteiger charge is -2.15. The number of aryl methyl sites for hydroxylation is 1. The van der Waals surface area contributed by atoms with E-state index in [2.05, 4.69) is 15.0 Å². The maximum atomic E-state index is 13.3. The predicted molar refractivity (Wildman–Crippen MR) is 133 cm³/mol. The smallest absolute Gasteiger partial charge is 0.326 e. The van der Waals surface area contributed by atoms with E-state index in [1.54, 1.807) is 27.7 Å². The molecule has 0 spiro atoms. The molecule has 1 aliphatic rings. The van der Waals surface area contributed by atoms with Crippen LogP contribution in [0.25, 0.3) is 0 Å². The van der Waals surface area contributed by atoms with Gasteiger partial charge in [-0.1, -0.05) is 0 Å². The summed E-state index contributed by atoms with van der Waals surface area (Å²) in [5.74, 6) is -4.33. The number of hydroxylamine groups is 2. The number of ether oxygens (including phenoxy) is 4. The van der Waals surface area contributed by atoms with Crippen molar-refractivity contribution in [2.24, 2.45) is 0 Å². The molecule has 3 rings (SSSR count). The van der Waals surface area contributed by atoms with Gasteiger partial charge in [-0.15, -0.1) is 15.0 Å². The van der Waals surface area contributed by atoms with Crippen LogP contribution < -0.4 is 18.9 Å². The van der Waals surface area contributed by atoms with Crippen molar-refractivity contribution in [1.29, 1.82) is 0 Å². The summed E-state index contributed by atoms with van der Waals surface area (Å²) < 4.78 is 59.0. The Hall–Kier alpha value is -3.68. The molecular formula is C25H35F3N4O7. The van der Waals surface area contributed by atoms with Crippen LogP contribution in [0.2, 0.25) is 0 Å². The first-order valence-corrected chi connectivity index (χ1v) is 12.0. The molecule has 39 heavy (non-hydrogen) atoms. The van der Waals surface area contributed by atoms with Gasteiger partial charge in [0.25, 0.3) is 11.8 Å². The minimum atomic E-state index is -1.28. The molecule has 0 unspecified atom stereocenters. The molecule has 1 aromatic carbocycles. The number of amides is 2. The fourth-order valence-electron chi connectivity index (χ4n) is 2.69. The quantitative estimate of drug-likeness (QED) is 0.340. The van der Waals surface area contributed by atoms with Crippen molar-refractivity contribution in [3.05, 3.63) is 29.1 Å². The van der Waals surface area contributed by atoms with E-state index >= 15 is 0 Å². The molecule has 2 aromatic rings. The zero-order chi connectivity index (χ0) is 29.9. The Morgan fingerprint density at radius 3 is 1.62 bits per heavy atom. The molecule has 0 aliphatic carbocycles. The van der Waals surface area contributed by atoms with Crippen molar-refractivity contribution < 1.29 is 46.5 Å². The zero-order valence-electron chi connectivity index (χ0n) is 23.5. The molecule has 0 saturated carbocycles. The molecule has 14 heteroatoms. The fourth-order valence-corrected chi connectivity index (χ4v) is 2.69. The van der Waals surface area contributed by atoms with Gasteiger partial charge in [-0.2, -0.15) is 9.45 Å². The van der Waals surface area contributed by atoms with Gasteiger partial charge >= 0.3 is 18.0 Å². The van der Waals surface area contributed by atoms with Gasteiger partial charge in [0.05, 0.1) is 32.5 Å². The van der Waals surface area contributed by atoms with Crippen LogP contribution in [0.15, 0.2) is 6.07 Å². The molecule has 1 fully saturated rings. The van der Waals surface area contributed by atoms with Crippen molar-refractivity contribution in [3.8, 4) is 23.8 Å². The number of aromatic nitrogens is 3. The maximum absolute atomic E-state index is 13.3. The molecule has 0 bridgehead atoms. The number of hydrogen-bond donors (Lipinski definition) is 0. The molecule has 1 aliphatic heterocycles. The van der Waals surface area contributed by atoms with Crippen LogP contribution in [-0.4, -0.2) is 64.4 Å². The Labute approximate surface area is 225 Å². The highest BCUT2D eigenvalue weighted by Gasteiger charge is 2.30. The summed E-state index contributed by atoms with van der Waals surface area (Å²) >= 11 is 0. The summed E-state index contributed by atoms with van der Waals surface area (Å²) in [6.07, 6.45) is 0.0323. The van der Waals surface area contributed by atoms with E-state index in [1.165, 1.54) is 21.1 Å². The fraction of sp³-hybridized carbons (Fsp3) is 0.560. The van der Waals surface area contributed by atoms with E-state index in [9.17, 15) is 22.8 Å². The average Bonchev–Trinajstić information content (AvgIpc) is 3.17. The molecule has 1 aromatic heterocycles. The maximum Gasteiger partial charge on any atom is 0.326 e. The van der Waals surface area contributed by atoms with Gasteiger partial charge in [0.1, 0.15) is 0 Å². The molecule has 11 nitrogen and oxygen atoms in total. The van der Waals surface area contributed by atoms with Crippen LogP contribution in [0.5, 0.6) is 23.8 Å². The first-order chi connectivity index (χ1) is 18.2. The molecule has 1 saturated heterocycles. The van der Waals surface area contributed by atoms with Gasteiger partial charge in [-0.3, -0.25) is 14.4 Å². The number of imide groups is 1. The van der Waals surface area contributed by atoms with Crippen molar-refractivity contribution in [3.63, 3.8) is 0 Å². The lowest BCUT2D eigenvalue weighted by Crippen LogP contribution is -2.31. The first kappa shape index (κ1) is 33.3. The summed E-state index contributed by atoms with van der Waals surface area (Å²) in [5, 5.41) is 0.866. The second kappa shape index (κ2) is 15.7. The Kier molecular flexibility index (Phi) is 13.4. The van der Waals surface area contributed by atoms with E-state index in [4.69, 9.17) is 23.8 Å². The third kappa shape index (κ3) is 10.9. The monoisotopic (exact) mass is 560 g/mol. The molecule has 0 atom stereocenters. The number of nitrogens with zero attached hydrogens (tertiary/aromatic N) is 4. The number of halogens is 3. The molecule has 2 heterocycles. The number of carbonyl (C=O) groups excluding carboxylic acids is 2. The average molecular weight is 561 g/mol. The van der Waals surface area contributed by atoms with Crippen molar-refractivity contribution in [2.45, 2.75) is 79.6 Å². The summed E-state index contributed by atoms with van der Waals surface area (Å²) in [7, 11) is 2.93. The molecule has 2 amide bonds. The molecule has 218 valence electrons. The number of methoxy groups -OCH3 is 2. The van der Waals surface area contributed by atoms with Gasteiger partial charge in [0, 0.05) is 12.8 Å². The summed E-state index contributed by atoms with van der Waals surface area (Å²) in [5.41, 5.74) is 0.0274. The van der Waals surface area contributed by atoms with E-state index in [0.717, 1.165) is 11.1 Å². The van der Waals surface area contributed by atoms with Crippen LogP contribution in [-0.2, 0) is 14.4 Å². The number of benzene rings is 1. The third-order valence-corrected chi connectivity index (χ3v) is 4.25. The number of rotatable bonds is 8. The minimum Gasteiger partial charge on any atom is -0.485 e. The summed E-state index contributed by atoms with van der Waals surface area (Å²) in [4.78, 5) is 38.4. The molecule has 0 radical (unpaired) electrons. The summed E-state index contributed by atoms with van der Waals surface area (Å²) in [6, 6.07) is 1.35. The highest BCUT2D eigenvalue weighted by atomic mass is 19.2. The van der Waals surface area contributed by atoms with Gasteiger partial charge in [-0.25, -0.2) is 8.78 Å². The highest BCUT2D eigenvalue weighted by Crippen LogP contribution is 2.27. The number of hydrogen-bond acceptors (Lipinski definition) is 10. The van der Waals surface area contributed by atoms with Crippen molar-refractivity contribution in [1.82, 2.24) is 20.0 Å². The third-order valence-electron chi connectivity index (χ3n) is 4.25. The molecular weight excluding hydrogens is 525 g/mol. The Bertz CT molecular complexity index is 1050. The van der Waals surface area contributed by atoms with Gasteiger partial charge in [-0.05, 0) is 60.1 Å². The summed E-state index contributed by atoms with van der Waals surface area (Å²) in [6.45, 7) is 11.9. The van der Waals surface area contributed by atoms with E-state index < -0.39 is 29.3 Å². The van der Waals surface area contributed by atoms with Crippen LogP contribution in [0.1, 0.15) is 59.9 Å². The van der Waals surface area contributed by atoms with Gasteiger partial charge in [0.15, 0.2) is 17.4 Å². The Morgan fingerprint density at radius 1 is 0.744 bits per heavy atom. The Balaban J connectivity index is 0.000000295. The second-order valence-electron chi connectivity index (χ2n) is 8.79. The SMILES string of the molecule is CC(C)ON1C(=O)CCC1=O.COc1nc(OC)nc(OC(C)C)n1.Cc1cc(F)c(F)c(OC(C)C)c1F. The highest BCUT2D eigenvalue weighted by molar-refractivity contribution is 6.00. The van der Waals surface area contributed by atoms with E-state index in [0.29, 0.717) is 0 Å². The first-order valence-electron chi connectivity index (χ1n) is 12.0. The second-order valence-corrected chi connectivity index (χ2v) is 8.79. The van der Waals surface area contributed by atoms with Crippen LogP contribution in [0, 0.1) is 24.4 Å². The van der Waals surface area contributed by atoms with Crippen LogP contribution in [0.3, 0.4) is 0 Å². The normalized spacial score (nSPS) is 12.7. The van der Waals surface area contributed by atoms with E-state index in [-0.39, 0.29) is 60.5 Å². The van der Waals surface area contributed by atoms with E-state index in [1.807, 2.05) is 13.8 Å². The molecule has 0 N–H and O–H groups in total. The lowest BCUT2D eigenvalue weighted by molar-refractivity contribution is -0.198.